The number of hydrogen-bond acceptors (Lipinski definition) is 6. The number of amides is 1. The Morgan fingerprint density at radius 2 is 1.91 bits per heavy atom. The normalized spacial score (nSPS) is 16.2. The summed E-state index contributed by atoms with van der Waals surface area (Å²) in [5.74, 6) is -1.58. The molecule has 0 saturated heterocycles. The Bertz CT molecular complexity index is 509. The van der Waals surface area contributed by atoms with E-state index in [0.29, 0.717) is 0 Å². The Hall–Kier alpha value is -2.36. The summed E-state index contributed by atoms with van der Waals surface area (Å²) >= 11 is 0. The van der Waals surface area contributed by atoms with Crippen molar-refractivity contribution in [2.45, 2.75) is 39.0 Å². The van der Waals surface area contributed by atoms with E-state index < -0.39 is 18.4 Å². The van der Waals surface area contributed by atoms with E-state index in [2.05, 4.69) is 5.32 Å². The number of hydrogen-bond donors (Lipinski definition) is 2. The molecule has 0 heterocycles. The molecule has 1 fully saturated rings. The van der Waals surface area contributed by atoms with E-state index in [1.165, 1.54) is 6.92 Å². The molecule has 1 aliphatic rings. The van der Waals surface area contributed by atoms with E-state index in [-0.39, 0.29) is 29.6 Å². The molecule has 0 aromatic heterocycles. The average Bonchev–Trinajstić information content (AvgIpc) is 2.51. The lowest BCUT2D eigenvalue weighted by Gasteiger charge is -2.20. The van der Waals surface area contributed by atoms with Gasteiger partial charge in [-0.25, -0.2) is 0 Å². The third-order valence-corrected chi connectivity index (χ3v) is 3.53. The number of carbonyl (C=O) groups is 3. The number of carbonyl (C=O) groups excluding carboxylic acids is 3. The van der Waals surface area contributed by atoms with E-state index in [1.54, 1.807) is 6.07 Å². The zero-order chi connectivity index (χ0) is 16.5. The second-order valence-electron chi connectivity index (χ2n) is 5.31. The number of nitriles is 1. The van der Waals surface area contributed by atoms with Gasteiger partial charge >= 0.3 is 5.97 Å². The SMILES string of the molecule is CC(N)=C(C#N)C(=O)COC(=O)CNC(=O)C1CCCCC1. The molecule has 1 aliphatic carbocycles. The summed E-state index contributed by atoms with van der Waals surface area (Å²) < 4.78 is 4.73. The predicted molar refractivity (Wildman–Crippen MR) is 78.1 cm³/mol. The summed E-state index contributed by atoms with van der Waals surface area (Å²) in [4.78, 5) is 34.9. The van der Waals surface area contributed by atoms with E-state index >= 15 is 0 Å². The highest BCUT2D eigenvalue weighted by Crippen LogP contribution is 2.23. The lowest BCUT2D eigenvalue weighted by molar-refractivity contribution is -0.147. The quantitative estimate of drug-likeness (QED) is 0.420. The smallest absolute Gasteiger partial charge is 0.325 e. The van der Waals surface area contributed by atoms with Crippen molar-refractivity contribution in [3.05, 3.63) is 11.3 Å². The summed E-state index contributed by atoms with van der Waals surface area (Å²) in [6, 6.07) is 1.66. The van der Waals surface area contributed by atoms with Crippen LogP contribution in [0, 0.1) is 17.2 Å². The zero-order valence-corrected chi connectivity index (χ0v) is 12.7. The third kappa shape index (κ3) is 5.56. The molecule has 0 bridgehead atoms. The number of Topliss-reactive ketones (excluding diaryl/α,β-unsaturated/α-hetero) is 1. The van der Waals surface area contributed by atoms with Crippen LogP contribution < -0.4 is 11.1 Å². The van der Waals surface area contributed by atoms with Crippen molar-refractivity contribution in [3.63, 3.8) is 0 Å². The number of nitrogens with zero attached hydrogens (tertiary/aromatic N) is 1. The predicted octanol–water partition coefficient (Wildman–Crippen LogP) is 0.551. The van der Waals surface area contributed by atoms with Crippen molar-refractivity contribution in [2.75, 3.05) is 13.2 Å². The molecule has 7 nitrogen and oxygen atoms in total. The van der Waals surface area contributed by atoms with Gasteiger partial charge in [-0.1, -0.05) is 19.3 Å². The van der Waals surface area contributed by atoms with Crippen LogP contribution in [0.5, 0.6) is 0 Å². The molecule has 120 valence electrons. The highest BCUT2D eigenvalue weighted by molar-refractivity contribution is 6.01. The second-order valence-corrected chi connectivity index (χ2v) is 5.31. The van der Waals surface area contributed by atoms with Crippen LogP contribution in [0.3, 0.4) is 0 Å². The molecule has 0 unspecified atom stereocenters. The van der Waals surface area contributed by atoms with Gasteiger partial charge in [-0.15, -0.1) is 0 Å². The van der Waals surface area contributed by atoms with Gasteiger partial charge in [0.2, 0.25) is 11.7 Å². The molecule has 0 aromatic carbocycles. The van der Waals surface area contributed by atoms with Gasteiger partial charge in [0.25, 0.3) is 0 Å². The van der Waals surface area contributed by atoms with Crippen molar-refractivity contribution in [1.82, 2.24) is 5.32 Å². The van der Waals surface area contributed by atoms with Crippen LogP contribution >= 0.6 is 0 Å². The summed E-state index contributed by atoms with van der Waals surface area (Å²) in [6.07, 6.45) is 4.87. The lowest BCUT2D eigenvalue weighted by Crippen LogP contribution is -2.36. The number of nitrogens with one attached hydrogen (secondary N) is 1. The van der Waals surface area contributed by atoms with Gasteiger partial charge in [0.15, 0.2) is 6.61 Å². The van der Waals surface area contributed by atoms with Crippen molar-refractivity contribution in [1.29, 1.82) is 5.26 Å². The first-order valence-corrected chi connectivity index (χ1v) is 7.28. The van der Waals surface area contributed by atoms with Crippen molar-refractivity contribution in [3.8, 4) is 6.07 Å². The molecule has 0 radical (unpaired) electrons. The van der Waals surface area contributed by atoms with Crippen LogP contribution in [0.2, 0.25) is 0 Å². The Morgan fingerprint density at radius 1 is 1.27 bits per heavy atom. The molecule has 3 N–H and O–H groups in total. The van der Waals surface area contributed by atoms with Crippen molar-refractivity contribution in [2.24, 2.45) is 11.7 Å². The fraction of sp³-hybridized carbons (Fsp3) is 0.600. The highest BCUT2D eigenvalue weighted by Gasteiger charge is 2.21. The largest absolute Gasteiger partial charge is 0.456 e. The van der Waals surface area contributed by atoms with Crippen LogP contribution in [0.4, 0.5) is 0 Å². The van der Waals surface area contributed by atoms with Gasteiger partial charge in [-0.05, 0) is 19.8 Å². The maximum Gasteiger partial charge on any atom is 0.325 e. The number of allylic oxidation sites excluding steroid dienone is 1. The molecule has 0 atom stereocenters. The molecule has 1 amide bonds. The number of esters is 1. The van der Waals surface area contributed by atoms with Crippen LogP contribution in [-0.2, 0) is 19.1 Å². The fourth-order valence-corrected chi connectivity index (χ4v) is 2.31. The minimum atomic E-state index is -0.718. The molecule has 1 saturated carbocycles. The first-order chi connectivity index (χ1) is 10.5. The van der Waals surface area contributed by atoms with Crippen molar-refractivity contribution >= 4 is 17.7 Å². The Labute approximate surface area is 129 Å². The van der Waals surface area contributed by atoms with Gasteiger partial charge in [0, 0.05) is 11.6 Å². The average molecular weight is 307 g/mol. The van der Waals surface area contributed by atoms with E-state index in [0.717, 1.165) is 32.1 Å². The summed E-state index contributed by atoms with van der Waals surface area (Å²) in [6.45, 7) is 0.577. The highest BCUT2D eigenvalue weighted by atomic mass is 16.5. The van der Waals surface area contributed by atoms with E-state index in [1.807, 2.05) is 0 Å². The molecule has 0 aromatic rings. The first-order valence-electron chi connectivity index (χ1n) is 7.28. The monoisotopic (exact) mass is 307 g/mol. The maximum absolute atomic E-state index is 11.8. The molecule has 22 heavy (non-hydrogen) atoms. The van der Waals surface area contributed by atoms with Gasteiger partial charge < -0.3 is 15.8 Å². The molecule has 0 spiro atoms. The van der Waals surface area contributed by atoms with Gasteiger partial charge in [-0.2, -0.15) is 5.26 Å². The lowest BCUT2D eigenvalue weighted by atomic mass is 9.89. The molecule has 7 heteroatoms. The molecular weight excluding hydrogens is 286 g/mol. The van der Waals surface area contributed by atoms with Crippen molar-refractivity contribution < 1.29 is 19.1 Å². The van der Waals surface area contributed by atoms with Crippen LogP contribution in [0.15, 0.2) is 11.3 Å². The molecule has 0 aliphatic heterocycles. The summed E-state index contributed by atoms with van der Waals surface area (Å²) in [5.41, 5.74) is 5.23. The first kappa shape index (κ1) is 17.7. The Balaban J connectivity index is 2.32. The van der Waals surface area contributed by atoms with Gasteiger partial charge in [0.05, 0.1) is 0 Å². The van der Waals surface area contributed by atoms with Gasteiger partial charge in [-0.3, -0.25) is 14.4 Å². The fourth-order valence-electron chi connectivity index (χ4n) is 2.31. The van der Waals surface area contributed by atoms with Crippen LogP contribution in [0.25, 0.3) is 0 Å². The van der Waals surface area contributed by atoms with E-state index in [4.69, 9.17) is 15.7 Å². The minimum absolute atomic E-state index is 0.0452. The standard InChI is InChI=1S/C15H21N3O4/c1-10(17)12(7-16)13(19)9-22-14(20)8-18-15(21)11-5-3-2-4-6-11/h11H,2-6,8-9,17H2,1H3,(H,18,21). The number of ether oxygens (including phenoxy) is 1. The molecular formula is C15H21N3O4. The third-order valence-electron chi connectivity index (χ3n) is 3.53. The number of nitrogens with two attached hydrogens (primary N) is 1. The Morgan fingerprint density at radius 3 is 2.45 bits per heavy atom. The number of ketones is 1. The van der Waals surface area contributed by atoms with E-state index in [9.17, 15) is 14.4 Å². The summed E-state index contributed by atoms with van der Waals surface area (Å²) in [7, 11) is 0. The summed E-state index contributed by atoms with van der Waals surface area (Å²) in [5, 5.41) is 11.3. The minimum Gasteiger partial charge on any atom is -0.456 e. The second kappa shape index (κ2) is 8.82. The zero-order valence-electron chi connectivity index (χ0n) is 12.7. The van der Waals surface area contributed by atoms with Crippen LogP contribution in [0.1, 0.15) is 39.0 Å². The maximum atomic E-state index is 11.8. The van der Waals surface area contributed by atoms with Gasteiger partial charge in [0.1, 0.15) is 18.2 Å². The Kier molecular flexibility index (Phi) is 7.09. The number of rotatable bonds is 6. The topological polar surface area (TPSA) is 122 Å². The molecule has 1 rings (SSSR count). The van der Waals surface area contributed by atoms with Crippen LogP contribution in [-0.4, -0.2) is 30.8 Å².